The van der Waals surface area contributed by atoms with Crippen LogP contribution in [0.5, 0.6) is 0 Å². The Morgan fingerprint density at radius 3 is 2.52 bits per heavy atom. The molecule has 0 saturated heterocycles. The minimum Gasteiger partial charge on any atom is -0.383 e. The van der Waals surface area contributed by atoms with Gasteiger partial charge in [0.2, 0.25) is 6.19 Å². The molecule has 0 saturated carbocycles. The number of aliphatic imine (C=N–C) groups is 1. The molecule has 0 spiro atoms. The van der Waals surface area contributed by atoms with Gasteiger partial charge in [0, 0.05) is 21.7 Å². The van der Waals surface area contributed by atoms with E-state index in [1.54, 1.807) is 42.6 Å². The Kier molecular flexibility index (Phi) is 4.72. The fourth-order valence-corrected chi connectivity index (χ4v) is 2.55. The van der Waals surface area contributed by atoms with Crippen LogP contribution < -0.4 is 5.73 Å². The Labute approximate surface area is 140 Å². The number of halogens is 2. The van der Waals surface area contributed by atoms with Gasteiger partial charge in [-0.05, 0) is 29.2 Å². The third kappa shape index (κ3) is 3.52. The van der Waals surface area contributed by atoms with E-state index in [-0.39, 0.29) is 17.1 Å². The first-order valence-corrected chi connectivity index (χ1v) is 7.45. The molecule has 3 nitrogen and oxygen atoms in total. The Morgan fingerprint density at radius 2 is 1.91 bits per heavy atom. The standard InChI is InChI=1S/C18H17ClFN3/c1-18(2,3)14-6-4-5-12(16(14)20)13-9-11(7-8-15(13)19)17(22)23-10-21/h4-9H,1-3H3,(H2,22,23). The van der Waals surface area contributed by atoms with Crippen LogP contribution in [0.4, 0.5) is 4.39 Å². The van der Waals surface area contributed by atoms with E-state index in [9.17, 15) is 4.39 Å². The molecular weight excluding hydrogens is 313 g/mol. The molecule has 0 heterocycles. The Morgan fingerprint density at radius 1 is 1.22 bits per heavy atom. The number of hydrogen-bond acceptors (Lipinski definition) is 2. The van der Waals surface area contributed by atoms with E-state index in [4.69, 9.17) is 22.6 Å². The molecule has 0 atom stereocenters. The van der Waals surface area contributed by atoms with E-state index >= 15 is 0 Å². The number of nitrogens with two attached hydrogens (primary N) is 1. The smallest absolute Gasteiger partial charge is 0.207 e. The molecule has 23 heavy (non-hydrogen) atoms. The summed E-state index contributed by atoms with van der Waals surface area (Å²) in [5, 5.41) is 9.01. The topological polar surface area (TPSA) is 62.2 Å². The van der Waals surface area contributed by atoms with Gasteiger partial charge < -0.3 is 5.73 Å². The maximum absolute atomic E-state index is 14.9. The van der Waals surface area contributed by atoms with E-state index in [1.165, 1.54) is 0 Å². The molecule has 0 aliphatic rings. The number of amidine groups is 1. The lowest BCUT2D eigenvalue weighted by molar-refractivity contribution is 0.525. The Hall–Kier alpha value is -2.38. The molecule has 2 N–H and O–H groups in total. The first-order valence-electron chi connectivity index (χ1n) is 7.07. The Balaban J connectivity index is 2.66. The molecular formula is C18H17ClFN3. The van der Waals surface area contributed by atoms with Gasteiger partial charge in [-0.3, -0.25) is 0 Å². The van der Waals surface area contributed by atoms with Crippen LogP contribution in [0.25, 0.3) is 11.1 Å². The fourth-order valence-electron chi connectivity index (χ4n) is 2.33. The highest BCUT2D eigenvalue weighted by molar-refractivity contribution is 6.33. The van der Waals surface area contributed by atoms with E-state index in [2.05, 4.69) is 4.99 Å². The second-order valence-corrected chi connectivity index (χ2v) is 6.62. The van der Waals surface area contributed by atoms with Crippen LogP contribution in [0.15, 0.2) is 41.4 Å². The number of nitrogens with zero attached hydrogens (tertiary/aromatic N) is 2. The van der Waals surface area contributed by atoms with Crippen LogP contribution in [-0.2, 0) is 5.41 Å². The van der Waals surface area contributed by atoms with Crippen molar-refractivity contribution in [3.63, 3.8) is 0 Å². The maximum Gasteiger partial charge on any atom is 0.207 e. The van der Waals surface area contributed by atoms with Crippen molar-refractivity contribution >= 4 is 17.4 Å². The molecule has 0 amide bonds. The lowest BCUT2D eigenvalue weighted by atomic mass is 9.84. The molecule has 5 heteroatoms. The lowest BCUT2D eigenvalue weighted by Crippen LogP contribution is -2.14. The fraction of sp³-hybridized carbons (Fsp3) is 0.222. The summed E-state index contributed by atoms with van der Waals surface area (Å²) in [7, 11) is 0. The molecule has 118 valence electrons. The number of nitriles is 1. The normalized spacial score (nSPS) is 12.1. The average Bonchev–Trinajstić information content (AvgIpc) is 2.47. The van der Waals surface area contributed by atoms with Crippen molar-refractivity contribution in [2.75, 3.05) is 0 Å². The van der Waals surface area contributed by atoms with Crippen molar-refractivity contribution in [2.45, 2.75) is 26.2 Å². The summed E-state index contributed by atoms with van der Waals surface area (Å²) >= 11 is 6.24. The van der Waals surface area contributed by atoms with Gasteiger partial charge >= 0.3 is 0 Å². The van der Waals surface area contributed by atoms with Crippen LogP contribution in [0.3, 0.4) is 0 Å². The third-order valence-electron chi connectivity index (χ3n) is 3.53. The minimum absolute atomic E-state index is 0.0674. The predicted molar refractivity (Wildman–Crippen MR) is 91.9 cm³/mol. The number of benzene rings is 2. The van der Waals surface area contributed by atoms with Crippen molar-refractivity contribution in [3.05, 3.63) is 58.4 Å². The summed E-state index contributed by atoms with van der Waals surface area (Å²) in [4.78, 5) is 3.50. The first kappa shape index (κ1) is 17.0. The molecule has 2 aromatic rings. The quantitative estimate of drug-likeness (QED) is 0.496. The molecule has 2 aromatic carbocycles. The van der Waals surface area contributed by atoms with Gasteiger partial charge in [0.1, 0.15) is 11.7 Å². The maximum atomic E-state index is 14.9. The highest BCUT2D eigenvalue weighted by Gasteiger charge is 2.21. The van der Waals surface area contributed by atoms with Crippen molar-refractivity contribution in [2.24, 2.45) is 10.7 Å². The van der Waals surface area contributed by atoms with E-state index in [0.29, 0.717) is 27.3 Å². The molecule has 0 aliphatic carbocycles. The van der Waals surface area contributed by atoms with Crippen LogP contribution in [0.1, 0.15) is 31.9 Å². The van der Waals surface area contributed by atoms with Crippen LogP contribution in [0.2, 0.25) is 5.02 Å². The minimum atomic E-state index is -0.328. The number of hydrogen-bond donors (Lipinski definition) is 1. The SMILES string of the molecule is CC(C)(C)c1cccc(-c2cc(C(N)=NC#N)ccc2Cl)c1F. The molecule has 0 fully saturated rings. The largest absolute Gasteiger partial charge is 0.383 e. The highest BCUT2D eigenvalue weighted by Crippen LogP contribution is 2.35. The zero-order valence-electron chi connectivity index (χ0n) is 13.2. The Bertz CT molecular complexity index is 814. The average molecular weight is 330 g/mol. The van der Waals surface area contributed by atoms with E-state index in [1.807, 2.05) is 20.8 Å². The van der Waals surface area contributed by atoms with Gasteiger partial charge in [-0.2, -0.15) is 10.3 Å². The van der Waals surface area contributed by atoms with Gasteiger partial charge in [0.15, 0.2) is 0 Å². The molecule has 2 rings (SSSR count). The molecule has 0 aromatic heterocycles. The second-order valence-electron chi connectivity index (χ2n) is 6.21. The monoisotopic (exact) mass is 329 g/mol. The van der Waals surface area contributed by atoms with Gasteiger partial charge in [0.05, 0.1) is 0 Å². The summed E-state index contributed by atoms with van der Waals surface area (Å²) in [6, 6.07) is 10.1. The lowest BCUT2D eigenvalue weighted by Gasteiger charge is -2.21. The van der Waals surface area contributed by atoms with Crippen molar-refractivity contribution in [1.82, 2.24) is 0 Å². The molecule has 0 aliphatic heterocycles. The number of rotatable bonds is 2. The van der Waals surface area contributed by atoms with E-state index in [0.717, 1.165) is 0 Å². The summed E-state index contributed by atoms with van der Waals surface area (Å²) in [5.74, 6) is -0.243. The summed E-state index contributed by atoms with van der Waals surface area (Å²) in [5.41, 5.74) is 7.44. The van der Waals surface area contributed by atoms with Crippen molar-refractivity contribution in [1.29, 1.82) is 5.26 Å². The van der Waals surface area contributed by atoms with Crippen LogP contribution in [0, 0.1) is 17.3 Å². The van der Waals surface area contributed by atoms with Gasteiger partial charge in [0.25, 0.3) is 0 Å². The zero-order valence-corrected chi connectivity index (χ0v) is 13.9. The summed E-state index contributed by atoms with van der Waals surface area (Å²) in [6.07, 6.45) is 1.64. The zero-order chi connectivity index (χ0) is 17.2. The third-order valence-corrected chi connectivity index (χ3v) is 3.86. The second kappa shape index (κ2) is 6.39. The van der Waals surface area contributed by atoms with Gasteiger partial charge in [-0.25, -0.2) is 4.39 Å². The molecule has 0 radical (unpaired) electrons. The molecule has 0 bridgehead atoms. The molecule has 0 unspecified atom stereocenters. The highest BCUT2D eigenvalue weighted by atomic mass is 35.5. The summed E-state index contributed by atoms with van der Waals surface area (Å²) in [6.45, 7) is 5.85. The predicted octanol–water partition coefficient (Wildman–Crippen LogP) is 4.63. The van der Waals surface area contributed by atoms with Gasteiger partial charge in [-0.1, -0.05) is 50.6 Å². The van der Waals surface area contributed by atoms with Crippen LogP contribution >= 0.6 is 11.6 Å². The van der Waals surface area contributed by atoms with Crippen molar-refractivity contribution < 1.29 is 4.39 Å². The van der Waals surface area contributed by atoms with Crippen LogP contribution in [-0.4, -0.2) is 5.84 Å². The van der Waals surface area contributed by atoms with Crippen molar-refractivity contribution in [3.8, 4) is 17.3 Å². The van der Waals surface area contributed by atoms with E-state index < -0.39 is 0 Å². The first-order chi connectivity index (χ1) is 10.8. The summed E-state index contributed by atoms with van der Waals surface area (Å²) < 4.78 is 14.9. The van der Waals surface area contributed by atoms with Gasteiger partial charge in [-0.15, -0.1) is 0 Å².